The topological polar surface area (TPSA) is 94.0 Å². The minimum atomic E-state index is -0.300. The molecule has 0 fully saturated rings. The number of anilines is 2. The molecule has 0 aliphatic carbocycles. The molecule has 0 spiro atoms. The van der Waals surface area contributed by atoms with Crippen molar-refractivity contribution in [3.8, 4) is 17.4 Å². The third kappa shape index (κ3) is 4.33. The molecule has 9 heteroatoms. The molecule has 1 aromatic carbocycles. The Balaban J connectivity index is 1.35. The number of amides is 2. The maximum absolute atomic E-state index is 11.9. The van der Waals surface area contributed by atoms with Gasteiger partial charge in [-0.1, -0.05) is 0 Å². The molecule has 4 rings (SSSR count). The van der Waals surface area contributed by atoms with Gasteiger partial charge in [0.05, 0.1) is 10.7 Å². The Bertz CT molecular complexity index is 1060. The molecule has 0 aliphatic rings. The van der Waals surface area contributed by atoms with E-state index in [0.29, 0.717) is 23.1 Å². The number of nitrogens with zero attached hydrogens (tertiary/aromatic N) is 4. The molecular formula is C19H16N6O2S. The largest absolute Gasteiger partial charge is 0.438 e. The molecule has 0 bridgehead atoms. The standard InChI is InChI=1S/C19H16N6O2S/c1-13-10-11-25(24-13)16-8-9-17(23-22-16)27-15-6-4-14(5-7-15)20-19(26)21-18-3-2-12-28-18/h2-12H,1H3,(H2,20,21,26). The third-order valence-corrected chi connectivity index (χ3v) is 4.46. The summed E-state index contributed by atoms with van der Waals surface area (Å²) in [6, 6.07) is 15.8. The summed E-state index contributed by atoms with van der Waals surface area (Å²) in [5, 5.41) is 20.7. The van der Waals surface area contributed by atoms with Gasteiger partial charge in [-0.25, -0.2) is 9.48 Å². The van der Waals surface area contributed by atoms with E-state index in [2.05, 4.69) is 25.9 Å². The Labute approximate surface area is 164 Å². The molecule has 0 saturated carbocycles. The van der Waals surface area contributed by atoms with Crippen molar-refractivity contribution < 1.29 is 9.53 Å². The zero-order valence-electron chi connectivity index (χ0n) is 14.9. The lowest BCUT2D eigenvalue weighted by atomic mass is 10.3. The first-order valence-corrected chi connectivity index (χ1v) is 9.29. The molecule has 2 N–H and O–H groups in total. The van der Waals surface area contributed by atoms with Gasteiger partial charge in [-0.15, -0.1) is 21.5 Å². The fourth-order valence-corrected chi connectivity index (χ4v) is 3.00. The molecule has 3 aromatic heterocycles. The monoisotopic (exact) mass is 392 g/mol. The Kier molecular flexibility index (Phi) is 4.98. The first kappa shape index (κ1) is 17.7. The van der Waals surface area contributed by atoms with Crippen LogP contribution in [0.5, 0.6) is 11.6 Å². The van der Waals surface area contributed by atoms with Crippen molar-refractivity contribution in [2.75, 3.05) is 10.6 Å². The van der Waals surface area contributed by atoms with Gasteiger partial charge >= 0.3 is 6.03 Å². The summed E-state index contributed by atoms with van der Waals surface area (Å²) >= 11 is 1.46. The van der Waals surface area contributed by atoms with Crippen molar-refractivity contribution in [1.29, 1.82) is 0 Å². The summed E-state index contributed by atoms with van der Waals surface area (Å²) in [6.45, 7) is 1.91. The molecule has 2 amide bonds. The third-order valence-electron chi connectivity index (χ3n) is 3.68. The van der Waals surface area contributed by atoms with Gasteiger partial charge in [0.1, 0.15) is 5.75 Å². The molecule has 8 nitrogen and oxygen atoms in total. The lowest BCUT2D eigenvalue weighted by molar-refractivity contribution is 0.262. The van der Waals surface area contributed by atoms with Crippen molar-refractivity contribution in [2.45, 2.75) is 6.92 Å². The summed E-state index contributed by atoms with van der Waals surface area (Å²) in [7, 11) is 0. The van der Waals surface area contributed by atoms with E-state index in [4.69, 9.17) is 4.74 Å². The molecule has 140 valence electrons. The van der Waals surface area contributed by atoms with Crippen LogP contribution in [-0.4, -0.2) is 26.0 Å². The number of rotatable bonds is 5. The van der Waals surface area contributed by atoms with Crippen LogP contribution in [0.2, 0.25) is 0 Å². The number of carbonyl (C=O) groups is 1. The number of carbonyl (C=O) groups excluding carboxylic acids is 1. The van der Waals surface area contributed by atoms with Crippen LogP contribution in [0, 0.1) is 6.92 Å². The fourth-order valence-electron chi connectivity index (χ4n) is 2.38. The van der Waals surface area contributed by atoms with E-state index >= 15 is 0 Å². The van der Waals surface area contributed by atoms with Gasteiger partial charge in [-0.05, 0) is 60.8 Å². The van der Waals surface area contributed by atoms with Gasteiger partial charge in [-0.2, -0.15) is 5.10 Å². The molecule has 0 saturated heterocycles. The van der Waals surface area contributed by atoms with Crippen LogP contribution < -0.4 is 15.4 Å². The molecule has 0 unspecified atom stereocenters. The number of urea groups is 1. The smallest absolute Gasteiger partial charge is 0.324 e. The van der Waals surface area contributed by atoms with Crippen molar-refractivity contribution in [3.63, 3.8) is 0 Å². The van der Waals surface area contributed by atoms with Crippen LogP contribution in [0.1, 0.15) is 5.69 Å². The van der Waals surface area contributed by atoms with Gasteiger partial charge in [0.15, 0.2) is 5.82 Å². The second-order valence-electron chi connectivity index (χ2n) is 5.81. The number of ether oxygens (including phenoxy) is 1. The van der Waals surface area contributed by atoms with E-state index in [9.17, 15) is 4.79 Å². The van der Waals surface area contributed by atoms with Gasteiger partial charge in [0.25, 0.3) is 0 Å². The van der Waals surface area contributed by atoms with Crippen LogP contribution in [-0.2, 0) is 0 Å². The van der Waals surface area contributed by atoms with E-state index in [1.54, 1.807) is 41.1 Å². The summed E-state index contributed by atoms with van der Waals surface area (Å²) in [5.41, 5.74) is 1.55. The summed E-state index contributed by atoms with van der Waals surface area (Å²) in [4.78, 5) is 11.9. The summed E-state index contributed by atoms with van der Waals surface area (Å²) in [6.07, 6.45) is 1.82. The second kappa shape index (κ2) is 7.89. The highest BCUT2D eigenvalue weighted by molar-refractivity contribution is 7.14. The highest BCUT2D eigenvalue weighted by atomic mass is 32.1. The SMILES string of the molecule is Cc1ccn(-c2ccc(Oc3ccc(NC(=O)Nc4cccs4)cc3)nn2)n1. The molecule has 4 aromatic rings. The molecule has 0 radical (unpaired) electrons. The molecule has 28 heavy (non-hydrogen) atoms. The Morgan fingerprint density at radius 3 is 2.54 bits per heavy atom. The van der Waals surface area contributed by atoms with Crippen LogP contribution in [0.25, 0.3) is 5.82 Å². The predicted octanol–water partition coefficient (Wildman–Crippen LogP) is 4.47. The van der Waals surface area contributed by atoms with Crippen molar-refractivity contribution in [3.05, 3.63) is 71.9 Å². The maximum atomic E-state index is 11.9. The number of aryl methyl sites for hydroxylation is 1. The zero-order chi connectivity index (χ0) is 19.3. The lowest BCUT2D eigenvalue weighted by Crippen LogP contribution is -2.18. The van der Waals surface area contributed by atoms with Gasteiger partial charge in [-0.3, -0.25) is 5.32 Å². The first-order chi connectivity index (χ1) is 13.7. The summed E-state index contributed by atoms with van der Waals surface area (Å²) < 4.78 is 7.34. The molecule has 0 aliphatic heterocycles. The van der Waals surface area contributed by atoms with Crippen molar-refractivity contribution in [2.24, 2.45) is 0 Å². The van der Waals surface area contributed by atoms with E-state index in [1.807, 2.05) is 36.7 Å². The quantitative estimate of drug-likeness (QED) is 0.523. The van der Waals surface area contributed by atoms with Gasteiger partial charge in [0, 0.05) is 18.0 Å². The zero-order valence-corrected chi connectivity index (χ0v) is 15.7. The second-order valence-corrected chi connectivity index (χ2v) is 6.76. The van der Waals surface area contributed by atoms with Crippen LogP contribution in [0.15, 0.2) is 66.2 Å². The van der Waals surface area contributed by atoms with Crippen LogP contribution >= 0.6 is 11.3 Å². The predicted molar refractivity (Wildman–Crippen MR) is 107 cm³/mol. The van der Waals surface area contributed by atoms with Crippen molar-refractivity contribution >= 4 is 28.1 Å². The minimum Gasteiger partial charge on any atom is -0.438 e. The van der Waals surface area contributed by atoms with E-state index in [1.165, 1.54) is 11.3 Å². The number of thiophene rings is 1. The average molecular weight is 392 g/mol. The highest BCUT2D eigenvalue weighted by Crippen LogP contribution is 2.22. The van der Waals surface area contributed by atoms with Gasteiger partial charge < -0.3 is 10.1 Å². The Morgan fingerprint density at radius 1 is 1.04 bits per heavy atom. The summed E-state index contributed by atoms with van der Waals surface area (Å²) in [5.74, 6) is 1.56. The van der Waals surface area contributed by atoms with E-state index < -0.39 is 0 Å². The number of nitrogens with one attached hydrogen (secondary N) is 2. The first-order valence-electron chi connectivity index (χ1n) is 8.41. The van der Waals surface area contributed by atoms with Crippen molar-refractivity contribution in [1.82, 2.24) is 20.0 Å². The minimum absolute atomic E-state index is 0.300. The lowest BCUT2D eigenvalue weighted by Gasteiger charge is -2.08. The average Bonchev–Trinajstić information content (AvgIpc) is 3.36. The van der Waals surface area contributed by atoms with E-state index in [0.717, 1.165) is 10.7 Å². The van der Waals surface area contributed by atoms with Gasteiger partial charge in [0.2, 0.25) is 5.88 Å². The fraction of sp³-hybridized carbons (Fsp3) is 0.0526. The molecular weight excluding hydrogens is 376 g/mol. The molecule has 3 heterocycles. The van der Waals surface area contributed by atoms with Crippen LogP contribution in [0.4, 0.5) is 15.5 Å². The number of aromatic nitrogens is 4. The normalized spacial score (nSPS) is 10.5. The number of hydrogen-bond donors (Lipinski definition) is 2. The molecule has 0 atom stereocenters. The van der Waals surface area contributed by atoms with E-state index in [-0.39, 0.29) is 6.03 Å². The maximum Gasteiger partial charge on any atom is 0.324 e. The highest BCUT2D eigenvalue weighted by Gasteiger charge is 2.06. The Hall–Kier alpha value is -3.72. The number of hydrogen-bond acceptors (Lipinski definition) is 6. The van der Waals surface area contributed by atoms with Crippen LogP contribution in [0.3, 0.4) is 0 Å². The Morgan fingerprint density at radius 2 is 1.89 bits per heavy atom. The number of benzene rings is 1.